The monoisotopic (exact) mass is 435 g/mol. The predicted molar refractivity (Wildman–Crippen MR) is 108 cm³/mol. The van der Waals surface area contributed by atoms with Gasteiger partial charge in [-0.05, 0) is 55.2 Å². The molecule has 1 aromatic heterocycles. The molecule has 0 saturated carbocycles. The van der Waals surface area contributed by atoms with Crippen LogP contribution in [0.25, 0.3) is 0 Å². The Hall–Kier alpha value is -2.97. The minimum atomic E-state index is -4.41. The third kappa shape index (κ3) is 4.70. The molecule has 1 amide bonds. The van der Waals surface area contributed by atoms with E-state index >= 15 is 0 Å². The Bertz CT molecular complexity index is 920. The number of piperidine rings is 1. The van der Waals surface area contributed by atoms with Gasteiger partial charge in [0.2, 0.25) is 0 Å². The zero-order chi connectivity index (χ0) is 22.0. The van der Waals surface area contributed by atoms with Crippen LogP contribution in [0.3, 0.4) is 0 Å². The molecule has 3 heterocycles. The second-order valence-corrected chi connectivity index (χ2v) is 7.80. The third-order valence-electron chi connectivity index (χ3n) is 6.00. The number of alkyl halides is 3. The number of rotatable bonds is 5. The topological polar surface area (TPSA) is 54.9 Å². The van der Waals surface area contributed by atoms with E-state index in [1.165, 1.54) is 6.20 Å². The lowest BCUT2D eigenvalue weighted by Crippen LogP contribution is -2.51. The van der Waals surface area contributed by atoms with Gasteiger partial charge < -0.3 is 19.3 Å². The van der Waals surface area contributed by atoms with Crippen molar-refractivity contribution in [2.45, 2.75) is 25.1 Å². The molecule has 0 N–H and O–H groups in total. The quantitative estimate of drug-likeness (QED) is 0.718. The van der Waals surface area contributed by atoms with Crippen molar-refractivity contribution in [3.63, 3.8) is 0 Å². The van der Waals surface area contributed by atoms with Crippen molar-refractivity contribution in [1.82, 2.24) is 9.88 Å². The maximum atomic E-state index is 13.1. The fourth-order valence-corrected chi connectivity index (χ4v) is 4.33. The maximum Gasteiger partial charge on any atom is 0.416 e. The number of aromatic nitrogens is 1. The molecule has 0 radical (unpaired) electrons. The number of methoxy groups -OCH3 is 1. The Morgan fingerprint density at radius 1 is 1.13 bits per heavy atom. The fourth-order valence-electron chi connectivity index (χ4n) is 4.33. The highest BCUT2D eigenvalue weighted by atomic mass is 19.4. The lowest BCUT2D eigenvalue weighted by Gasteiger charge is -2.39. The van der Waals surface area contributed by atoms with Gasteiger partial charge in [0.15, 0.2) is 6.61 Å². The molecule has 2 fully saturated rings. The Labute approximate surface area is 178 Å². The molecule has 2 aromatic rings. The summed E-state index contributed by atoms with van der Waals surface area (Å²) in [6.45, 7) is 1.63. The molecule has 2 atom stereocenters. The van der Waals surface area contributed by atoms with E-state index in [1.54, 1.807) is 36.3 Å². The number of hydrogen-bond acceptors (Lipinski definition) is 5. The van der Waals surface area contributed by atoms with Gasteiger partial charge in [0.05, 0.1) is 18.7 Å². The van der Waals surface area contributed by atoms with Crippen molar-refractivity contribution < 1.29 is 27.4 Å². The summed E-state index contributed by atoms with van der Waals surface area (Å²) in [5, 5.41) is 0. The molecule has 0 spiro atoms. The van der Waals surface area contributed by atoms with E-state index in [-0.39, 0.29) is 18.6 Å². The van der Waals surface area contributed by atoms with Gasteiger partial charge >= 0.3 is 6.18 Å². The number of likely N-dealkylation sites (tertiary alicyclic amines) is 1. The molecule has 4 rings (SSSR count). The smallest absolute Gasteiger partial charge is 0.416 e. The molecule has 2 saturated heterocycles. The van der Waals surface area contributed by atoms with E-state index in [4.69, 9.17) is 9.47 Å². The molecule has 2 aliphatic rings. The number of fused-ring (bicyclic) bond motifs is 1. The SMILES string of the molecule is COc1ccc(OCC(=O)N2CCC3CCN(c4cc(C(F)(F)F)ccn4)CC32)cc1. The summed E-state index contributed by atoms with van der Waals surface area (Å²) in [5.74, 6) is 1.78. The van der Waals surface area contributed by atoms with Gasteiger partial charge in [-0.15, -0.1) is 0 Å². The number of nitrogens with zero attached hydrogens (tertiary/aromatic N) is 3. The minimum absolute atomic E-state index is 0.0583. The van der Waals surface area contributed by atoms with Crippen LogP contribution in [0.15, 0.2) is 42.6 Å². The molecule has 0 aliphatic carbocycles. The van der Waals surface area contributed by atoms with E-state index in [0.29, 0.717) is 42.9 Å². The van der Waals surface area contributed by atoms with Crippen LogP contribution in [0.1, 0.15) is 18.4 Å². The molecule has 166 valence electrons. The summed E-state index contributed by atoms with van der Waals surface area (Å²) in [6, 6.07) is 8.98. The molecule has 6 nitrogen and oxygen atoms in total. The van der Waals surface area contributed by atoms with Crippen molar-refractivity contribution >= 4 is 11.7 Å². The number of carbonyl (C=O) groups is 1. The minimum Gasteiger partial charge on any atom is -0.497 e. The van der Waals surface area contributed by atoms with E-state index in [0.717, 1.165) is 25.0 Å². The Kier molecular flexibility index (Phi) is 5.93. The van der Waals surface area contributed by atoms with Gasteiger partial charge in [-0.25, -0.2) is 4.98 Å². The lowest BCUT2D eigenvalue weighted by atomic mass is 9.92. The molecular weight excluding hydrogens is 411 g/mol. The van der Waals surface area contributed by atoms with Crippen molar-refractivity contribution in [3.05, 3.63) is 48.2 Å². The Morgan fingerprint density at radius 3 is 2.55 bits per heavy atom. The van der Waals surface area contributed by atoms with Gasteiger partial charge in [-0.1, -0.05) is 0 Å². The zero-order valence-corrected chi connectivity index (χ0v) is 17.1. The molecule has 2 unspecified atom stereocenters. The number of benzene rings is 1. The van der Waals surface area contributed by atoms with E-state index in [9.17, 15) is 18.0 Å². The van der Waals surface area contributed by atoms with Crippen molar-refractivity contribution in [2.75, 3.05) is 38.3 Å². The average molecular weight is 435 g/mol. The molecular formula is C22H24F3N3O3. The Morgan fingerprint density at radius 2 is 1.84 bits per heavy atom. The van der Waals surface area contributed by atoms with E-state index in [1.807, 2.05) is 4.90 Å². The summed E-state index contributed by atoms with van der Waals surface area (Å²) in [4.78, 5) is 20.6. The van der Waals surface area contributed by atoms with Gasteiger partial charge in [-0.3, -0.25) is 4.79 Å². The average Bonchev–Trinajstić information content (AvgIpc) is 3.20. The first kappa shape index (κ1) is 21.3. The molecule has 2 aliphatic heterocycles. The second kappa shape index (κ2) is 8.64. The molecule has 1 aromatic carbocycles. The molecule has 9 heteroatoms. The van der Waals surface area contributed by atoms with Crippen molar-refractivity contribution in [2.24, 2.45) is 5.92 Å². The number of hydrogen-bond donors (Lipinski definition) is 0. The Balaban J connectivity index is 1.40. The predicted octanol–water partition coefficient (Wildman–Crippen LogP) is 3.62. The molecule has 0 bridgehead atoms. The lowest BCUT2D eigenvalue weighted by molar-refractivity contribution is -0.137. The standard InChI is InChI=1S/C22H24F3N3O3/c1-30-17-2-4-18(5-3-17)31-14-21(29)28-11-8-15-7-10-27(13-19(15)28)20-12-16(6-9-26-20)22(23,24)25/h2-6,9,12,15,19H,7-8,10-11,13-14H2,1H3. The van der Waals surface area contributed by atoms with Gasteiger partial charge in [-0.2, -0.15) is 13.2 Å². The summed E-state index contributed by atoms with van der Waals surface area (Å²) < 4.78 is 49.9. The highest BCUT2D eigenvalue weighted by molar-refractivity contribution is 5.78. The summed E-state index contributed by atoms with van der Waals surface area (Å²) >= 11 is 0. The summed E-state index contributed by atoms with van der Waals surface area (Å²) in [7, 11) is 1.57. The number of amides is 1. The first-order chi connectivity index (χ1) is 14.8. The number of ether oxygens (including phenoxy) is 2. The number of halogens is 3. The maximum absolute atomic E-state index is 13.1. The van der Waals surface area contributed by atoms with E-state index in [2.05, 4.69) is 4.98 Å². The second-order valence-electron chi connectivity index (χ2n) is 7.80. The highest BCUT2D eigenvalue weighted by Gasteiger charge is 2.41. The summed E-state index contributed by atoms with van der Waals surface area (Å²) in [6.07, 6.45) is -1.52. The van der Waals surface area contributed by atoms with Gasteiger partial charge in [0.25, 0.3) is 5.91 Å². The van der Waals surface area contributed by atoms with Crippen molar-refractivity contribution in [3.8, 4) is 11.5 Å². The first-order valence-corrected chi connectivity index (χ1v) is 10.2. The number of anilines is 1. The largest absolute Gasteiger partial charge is 0.497 e. The summed E-state index contributed by atoms with van der Waals surface area (Å²) in [5.41, 5.74) is -0.716. The van der Waals surface area contributed by atoms with Crippen LogP contribution in [0.5, 0.6) is 11.5 Å². The fraction of sp³-hybridized carbons (Fsp3) is 0.455. The number of carbonyl (C=O) groups excluding carboxylic acids is 1. The first-order valence-electron chi connectivity index (χ1n) is 10.2. The van der Waals surface area contributed by atoms with Crippen LogP contribution in [0.2, 0.25) is 0 Å². The van der Waals surface area contributed by atoms with Crippen LogP contribution in [-0.4, -0.2) is 55.2 Å². The van der Waals surface area contributed by atoms with E-state index < -0.39 is 11.7 Å². The zero-order valence-electron chi connectivity index (χ0n) is 17.1. The normalized spacial score (nSPS) is 21.0. The van der Waals surface area contributed by atoms with Crippen LogP contribution in [0, 0.1) is 5.92 Å². The van der Waals surface area contributed by atoms with Gasteiger partial charge in [0.1, 0.15) is 17.3 Å². The highest BCUT2D eigenvalue weighted by Crippen LogP contribution is 2.35. The number of pyridine rings is 1. The molecule has 31 heavy (non-hydrogen) atoms. The van der Waals surface area contributed by atoms with Crippen molar-refractivity contribution in [1.29, 1.82) is 0 Å². The van der Waals surface area contributed by atoms with Crippen LogP contribution in [0.4, 0.5) is 19.0 Å². The van der Waals surface area contributed by atoms with Crippen LogP contribution >= 0.6 is 0 Å². The van der Waals surface area contributed by atoms with Gasteiger partial charge in [0, 0.05) is 25.8 Å². The van der Waals surface area contributed by atoms with Crippen LogP contribution in [-0.2, 0) is 11.0 Å². The van der Waals surface area contributed by atoms with Crippen LogP contribution < -0.4 is 14.4 Å². The third-order valence-corrected chi connectivity index (χ3v) is 6.00.